The second-order valence-corrected chi connectivity index (χ2v) is 10.2. The van der Waals surface area contributed by atoms with Crippen LogP contribution in [0.3, 0.4) is 0 Å². The molecule has 39 heavy (non-hydrogen) atoms. The van der Waals surface area contributed by atoms with Gasteiger partial charge in [0.1, 0.15) is 0 Å². The third-order valence-corrected chi connectivity index (χ3v) is 6.63. The molecule has 0 fully saturated rings. The van der Waals surface area contributed by atoms with E-state index in [9.17, 15) is 19.6 Å². The number of hydrazine groups is 1. The van der Waals surface area contributed by atoms with Gasteiger partial charge in [-0.3, -0.25) is 30.0 Å². The van der Waals surface area contributed by atoms with Crippen molar-refractivity contribution >= 4 is 17.7 Å². The van der Waals surface area contributed by atoms with Crippen LogP contribution >= 0.6 is 0 Å². The molecular weight excluding hydrogens is 492 g/mol. The molecule has 0 unspecified atom stereocenters. The van der Waals surface area contributed by atoms with Crippen LogP contribution in [0.1, 0.15) is 49.8 Å². The van der Waals surface area contributed by atoms with Gasteiger partial charge in [0.25, 0.3) is 0 Å². The number of carbonyl (C=O) groups excluding carboxylic acids is 3. The van der Waals surface area contributed by atoms with Crippen LogP contribution in [0.4, 0.5) is 0 Å². The third-order valence-electron chi connectivity index (χ3n) is 6.63. The van der Waals surface area contributed by atoms with Gasteiger partial charge in [-0.1, -0.05) is 80.6 Å². The molecule has 2 aromatic carbocycles. The monoisotopic (exact) mass is 530 g/mol. The minimum atomic E-state index is -0.756. The zero-order chi connectivity index (χ0) is 28.0. The average Bonchev–Trinajstić information content (AvgIpc) is 2.95. The highest BCUT2D eigenvalue weighted by Gasteiger charge is 2.35. The molecule has 0 saturated heterocycles. The second kappa shape index (κ2) is 15.4. The van der Waals surface area contributed by atoms with Gasteiger partial charge in [0, 0.05) is 12.4 Å². The first-order chi connectivity index (χ1) is 18.9. The molecule has 0 saturated carbocycles. The molecule has 0 spiro atoms. The molecule has 206 valence electrons. The Bertz CT molecular complexity index is 1170. The Morgan fingerprint density at radius 2 is 1.49 bits per heavy atom. The van der Waals surface area contributed by atoms with Crippen molar-refractivity contribution in [3.63, 3.8) is 0 Å². The molecule has 3 rings (SSSR count). The summed E-state index contributed by atoms with van der Waals surface area (Å²) in [6.07, 6.45) is 5.56. The number of hydroxylamine groups is 1. The number of hydrogen-bond donors (Lipinski definition) is 3. The van der Waals surface area contributed by atoms with E-state index in [1.165, 1.54) is 5.01 Å². The van der Waals surface area contributed by atoms with E-state index in [-0.39, 0.29) is 24.8 Å². The molecule has 8 heteroatoms. The molecule has 3 amide bonds. The van der Waals surface area contributed by atoms with Gasteiger partial charge in [0.05, 0.1) is 24.8 Å². The van der Waals surface area contributed by atoms with Gasteiger partial charge in [0.2, 0.25) is 17.7 Å². The van der Waals surface area contributed by atoms with Crippen molar-refractivity contribution in [1.82, 2.24) is 20.9 Å². The number of pyridine rings is 1. The fraction of sp³-hybridized carbons (Fsp3) is 0.355. The quantitative estimate of drug-likeness (QED) is 0.223. The largest absolute Gasteiger partial charge is 0.289 e. The zero-order valence-corrected chi connectivity index (χ0v) is 22.6. The molecule has 0 radical (unpaired) electrons. The highest BCUT2D eigenvalue weighted by molar-refractivity contribution is 5.89. The molecule has 8 nitrogen and oxygen atoms in total. The summed E-state index contributed by atoms with van der Waals surface area (Å²) in [6.45, 7) is 4.13. The number of nitrogens with one attached hydrogen (secondary N) is 2. The van der Waals surface area contributed by atoms with E-state index in [4.69, 9.17) is 0 Å². The van der Waals surface area contributed by atoms with Gasteiger partial charge in [-0.25, -0.2) is 10.5 Å². The number of aromatic nitrogens is 1. The van der Waals surface area contributed by atoms with E-state index in [0.29, 0.717) is 19.3 Å². The Hall–Kier alpha value is -4.04. The maximum atomic E-state index is 13.8. The molecule has 3 N–H and O–H groups in total. The van der Waals surface area contributed by atoms with E-state index in [2.05, 4.69) is 10.4 Å². The number of benzene rings is 2. The minimum absolute atomic E-state index is 0.0629. The lowest BCUT2D eigenvalue weighted by Gasteiger charge is -2.30. The summed E-state index contributed by atoms with van der Waals surface area (Å²) >= 11 is 0. The van der Waals surface area contributed by atoms with Gasteiger partial charge in [-0.2, -0.15) is 0 Å². The summed E-state index contributed by atoms with van der Waals surface area (Å²) in [4.78, 5) is 44.0. The van der Waals surface area contributed by atoms with E-state index in [1.54, 1.807) is 23.9 Å². The van der Waals surface area contributed by atoms with Crippen LogP contribution in [0, 0.1) is 17.8 Å². The normalized spacial score (nSPS) is 12.4. The Balaban J connectivity index is 1.80. The SMILES string of the molecule is CC(C)C[C@@H](C(=O)NN(Cc1ccccc1)C(=O)Cc1cccnc1)[C@H](CCCc1ccccc1)C(=O)NO. The summed E-state index contributed by atoms with van der Waals surface area (Å²) in [6, 6.07) is 22.9. The summed E-state index contributed by atoms with van der Waals surface area (Å²) < 4.78 is 0. The first-order valence-electron chi connectivity index (χ1n) is 13.4. The van der Waals surface area contributed by atoms with Gasteiger partial charge >= 0.3 is 0 Å². The summed E-state index contributed by atoms with van der Waals surface area (Å²) in [5.41, 5.74) is 7.31. The number of aryl methyl sites for hydroxylation is 1. The van der Waals surface area contributed by atoms with Crippen LogP contribution in [-0.4, -0.2) is 32.9 Å². The second-order valence-electron chi connectivity index (χ2n) is 10.2. The molecule has 0 aliphatic rings. The molecular formula is C31H38N4O4. The minimum Gasteiger partial charge on any atom is -0.289 e. The highest BCUT2D eigenvalue weighted by atomic mass is 16.5. The third kappa shape index (κ3) is 9.65. The van der Waals surface area contributed by atoms with Crippen LogP contribution < -0.4 is 10.9 Å². The number of hydrogen-bond acceptors (Lipinski definition) is 5. The van der Waals surface area contributed by atoms with Crippen molar-refractivity contribution in [2.45, 2.75) is 52.5 Å². The first-order valence-corrected chi connectivity index (χ1v) is 13.4. The van der Waals surface area contributed by atoms with Crippen LogP contribution in [-0.2, 0) is 33.8 Å². The highest BCUT2D eigenvalue weighted by Crippen LogP contribution is 2.27. The lowest BCUT2D eigenvalue weighted by atomic mass is 9.81. The number of nitrogens with zero attached hydrogens (tertiary/aromatic N) is 2. The Kier molecular flexibility index (Phi) is 11.6. The van der Waals surface area contributed by atoms with Crippen molar-refractivity contribution in [2.24, 2.45) is 17.8 Å². The molecule has 0 bridgehead atoms. The molecule has 0 aliphatic heterocycles. The predicted octanol–water partition coefficient (Wildman–Crippen LogP) is 4.49. The number of carbonyl (C=O) groups is 3. The Morgan fingerprint density at radius 3 is 2.08 bits per heavy atom. The summed E-state index contributed by atoms with van der Waals surface area (Å²) in [5.74, 6) is -2.70. The van der Waals surface area contributed by atoms with E-state index in [0.717, 1.165) is 23.1 Å². The van der Waals surface area contributed by atoms with E-state index < -0.39 is 23.7 Å². The average molecular weight is 531 g/mol. The molecule has 3 aromatic rings. The first kappa shape index (κ1) is 29.5. The van der Waals surface area contributed by atoms with Crippen LogP contribution in [0.25, 0.3) is 0 Å². The number of rotatable bonds is 13. The van der Waals surface area contributed by atoms with Crippen molar-refractivity contribution in [3.8, 4) is 0 Å². The van der Waals surface area contributed by atoms with Gasteiger partial charge < -0.3 is 0 Å². The van der Waals surface area contributed by atoms with Crippen LogP contribution in [0.5, 0.6) is 0 Å². The Morgan fingerprint density at radius 1 is 0.846 bits per heavy atom. The van der Waals surface area contributed by atoms with Crippen molar-refractivity contribution in [3.05, 3.63) is 102 Å². The van der Waals surface area contributed by atoms with Crippen molar-refractivity contribution in [1.29, 1.82) is 0 Å². The van der Waals surface area contributed by atoms with Gasteiger partial charge in [-0.15, -0.1) is 0 Å². The van der Waals surface area contributed by atoms with E-state index >= 15 is 0 Å². The number of amides is 3. The molecule has 0 aliphatic carbocycles. The summed E-state index contributed by atoms with van der Waals surface area (Å²) in [7, 11) is 0. The van der Waals surface area contributed by atoms with Crippen molar-refractivity contribution < 1.29 is 19.6 Å². The molecule has 1 aromatic heterocycles. The fourth-order valence-electron chi connectivity index (χ4n) is 4.68. The van der Waals surface area contributed by atoms with Gasteiger partial charge in [-0.05, 0) is 54.4 Å². The standard InChI is InChI=1S/C31H38N4O4/c1-23(2)19-28(27(31(38)34-39)17-9-15-24-11-5-3-6-12-24)30(37)33-35(22-25-13-7-4-8-14-25)29(36)20-26-16-10-18-32-21-26/h3-8,10-14,16,18,21,23,27-28,39H,9,15,17,19-20,22H2,1-2H3,(H,33,37)(H,34,38)/t27-,28+/m0/s1. The van der Waals surface area contributed by atoms with Crippen LogP contribution in [0.2, 0.25) is 0 Å². The lowest BCUT2D eigenvalue weighted by molar-refractivity contribution is -0.148. The fourth-order valence-corrected chi connectivity index (χ4v) is 4.68. The van der Waals surface area contributed by atoms with Gasteiger partial charge in [0.15, 0.2) is 0 Å². The maximum absolute atomic E-state index is 13.8. The predicted molar refractivity (Wildman–Crippen MR) is 149 cm³/mol. The van der Waals surface area contributed by atoms with Crippen LogP contribution in [0.15, 0.2) is 85.2 Å². The zero-order valence-electron chi connectivity index (χ0n) is 22.6. The molecule has 2 atom stereocenters. The van der Waals surface area contributed by atoms with E-state index in [1.807, 2.05) is 80.6 Å². The molecule has 1 heterocycles. The Labute approximate surface area is 230 Å². The smallest absolute Gasteiger partial charge is 0.247 e. The topological polar surface area (TPSA) is 112 Å². The van der Waals surface area contributed by atoms with Crippen molar-refractivity contribution in [2.75, 3.05) is 0 Å². The maximum Gasteiger partial charge on any atom is 0.247 e. The lowest BCUT2D eigenvalue weighted by Crippen LogP contribution is -2.51. The summed E-state index contributed by atoms with van der Waals surface area (Å²) in [5, 5.41) is 10.8.